The lowest BCUT2D eigenvalue weighted by Crippen LogP contribution is -2.23. The van der Waals surface area contributed by atoms with Crippen LogP contribution in [0.3, 0.4) is 0 Å². The molecule has 3 heterocycles. The molecular weight excluding hydrogens is 396 g/mol. The van der Waals surface area contributed by atoms with Gasteiger partial charge in [-0.2, -0.15) is 4.98 Å². The van der Waals surface area contributed by atoms with Crippen LogP contribution in [0.4, 0.5) is 5.69 Å². The van der Waals surface area contributed by atoms with Crippen LogP contribution in [-0.2, 0) is 17.8 Å². The van der Waals surface area contributed by atoms with E-state index >= 15 is 0 Å². The number of hydrogen-bond acceptors (Lipinski definition) is 7. The molecule has 160 valence electrons. The molecule has 8 nitrogen and oxygen atoms in total. The minimum Gasteiger partial charge on any atom is -0.454 e. The maximum Gasteiger partial charge on any atom is 0.231 e. The molecule has 1 N–H and O–H groups in total. The molecule has 0 bridgehead atoms. The molecule has 0 unspecified atom stereocenters. The summed E-state index contributed by atoms with van der Waals surface area (Å²) in [6, 6.07) is 13.9. The molecule has 1 saturated heterocycles. The zero-order chi connectivity index (χ0) is 21.0. The molecule has 1 amide bonds. The maximum absolute atomic E-state index is 12.2. The van der Waals surface area contributed by atoms with Crippen LogP contribution in [0.1, 0.15) is 30.7 Å². The Morgan fingerprint density at radius 2 is 1.84 bits per heavy atom. The molecule has 2 aliphatic heterocycles. The average molecular weight is 420 g/mol. The molecule has 0 spiro atoms. The monoisotopic (exact) mass is 420 g/mol. The Morgan fingerprint density at radius 1 is 1.03 bits per heavy atom. The van der Waals surface area contributed by atoms with Gasteiger partial charge in [-0.05, 0) is 54.8 Å². The number of nitrogens with zero attached hydrogens (tertiary/aromatic N) is 3. The van der Waals surface area contributed by atoms with Crippen LogP contribution >= 0.6 is 0 Å². The number of fused-ring (bicyclic) bond motifs is 1. The highest BCUT2D eigenvalue weighted by atomic mass is 16.7. The van der Waals surface area contributed by atoms with Gasteiger partial charge in [-0.1, -0.05) is 11.2 Å². The molecule has 1 aromatic heterocycles. The van der Waals surface area contributed by atoms with E-state index in [4.69, 9.17) is 14.0 Å². The number of ether oxygens (including phenoxy) is 2. The highest BCUT2D eigenvalue weighted by Gasteiger charge is 2.15. The first-order valence-electron chi connectivity index (χ1n) is 10.6. The van der Waals surface area contributed by atoms with E-state index in [-0.39, 0.29) is 19.1 Å². The molecule has 8 heteroatoms. The summed E-state index contributed by atoms with van der Waals surface area (Å²) < 4.78 is 16.0. The van der Waals surface area contributed by atoms with E-state index in [1.54, 1.807) is 0 Å². The summed E-state index contributed by atoms with van der Waals surface area (Å²) >= 11 is 0. The minimum absolute atomic E-state index is 0.0765. The van der Waals surface area contributed by atoms with Gasteiger partial charge < -0.3 is 24.2 Å². The lowest BCUT2D eigenvalue weighted by Gasteiger charge is -2.17. The first-order chi connectivity index (χ1) is 15.2. The number of aromatic nitrogens is 2. The highest BCUT2D eigenvalue weighted by Crippen LogP contribution is 2.32. The summed E-state index contributed by atoms with van der Waals surface area (Å²) in [6.45, 7) is 2.89. The van der Waals surface area contributed by atoms with Crippen molar-refractivity contribution in [1.29, 1.82) is 0 Å². The van der Waals surface area contributed by atoms with Crippen molar-refractivity contribution in [3.8, 4) is 22.9 Å². The number of hydrogen-bond donors (Lipinski definition) is 1. The molecular formula is C23H24N4O4. The summed E-state index contributed by atoms with van der Waals surface area (Å²) in [6.07, 6.45) is 3.17. The van der Waals surface area contributed by atoms with Crippen molar-refractivity contribution in [3.05, 3.63) is 53.9 Å². The minimum atomic E-state index is -0.0765. The number of rotatable bonds is 7. The molecule has 2 aliphatic rings. The van der Waals surface area contributed by atoms with Crippen LogP contribution in [0.5, 0.6) is 11.5 Å². The summed E-state index contributed by atoms with van der Waals surface area (Å²) in [5.74, 6) is 2.36. The predicted octanol–water partition coefficient (Wildman–Crippen LogP) is 3.31. The van der Waals surface area contributed by atoms with Gasteiger partial charge in [0.2, 0.25) is 24.4 Å². The van der Waals surface area contributed by atoms with E-state index in [0.29, 0.717) is 30.4 Å². The number of anilines is 1. The van der Waals surface area contributed by atoms with E-state index in [1.807, 2.05) is 30.3 Å². The summed E-state index contributed by atoms with van der Waals surface area (Å²) in [4.78, 5) is 19.0. The number of amides is 1. The van der Waals surface area contributed by atoms with Gasteiger partial charge in [0.1, 0.15) is 0 Å². The first kappa shape index (κ1) is 19.4. The molecule has 0 radical (unpaired) electrons. The SMILES string of the molecule is O=C(CCc1nc(-c2ccc(N3CCCC3)cc2)no1)NCc1ccc2c(c1)OCO2. The Balaban J connectivity index is 1.11. The van der Waals surface area contributed by atoms with Gasteiger partial charge in [-0.15, -0.1) is 0 Å². The second-order valence-electron chi connectivity index (χ2n) is 7.72. The number of carbonyl (C=O) groups is 1. The third-order valence-electron chi connectivity index (χ3n) is 5.56. The van der Waals surface area contributed by atoms with Gasteiger partial charge in [0.25, 0.3) is 0 Å². The topological polar surface area (TPSA) is 89.7 Å². The molecule has 3 aromatic rings. The van der Waals surface area contributed by atoms with E-state index < -0.39 is 0 Å². The third kappa shape index (κ3) is 4.47. The molecule has 5 rings (SSSR count). The van der Waals surface area contributed by atoms with Crippen LogP contribution in [0.2, 0.25) is 0 Å². The number of carbonyl (C=O) groups excluding carboxylic acids is 1. The van der Waals surface area contributed by atoms with Crippen LogP contribution in [0.15, 0.2) is 47.0 Å². The van der Waals surface area contributed by atoms with E-state index in [1.165, 1.54) is 18.5 Å². The largest absolute Gasteiger partial charge is 0.454 e. The van der Waals surface area contributed by atoms with Crippen LogP contribution < -0.4 is 19.7 Å². The molecule has 1 fully saturated rings. The Bertz CT molecular complexity index is 1060. The van der Waals surface area contributed by atoms with E-state index in [0.717, 1.165) is 30.0 Å². The van der Waals surface area contributed by atoms with Crippen molar-refractivity contribution in [3.63, 3.8) is 0 Å². The second-order valence-corrected chi connectivity index (χ2v) is 7.72. The maximum atomic E-state index is 12.2. The van der Waals surface area contributed by atoms with Crippen LogP contribution in [0.25, 0.3) is 11.4 Å². The van der Waals surface area contributed by atoms with Crippen LogP contribution in [-0.4, -0.2) is 35.9 Å². The first-order valence-corrected chi connectivity index (χ1v) is 10.6. The molecule has 31 heavy (non-hydrogen) atoms. The lowest BCUT2D eigenvalue weighted by molar-refractivity contribution is -0.121. The predicted molar refractivity (Wildman–Crippen MR) is 114 cm³/mol. The molecule has 2 aromatic carbocycles. The Hall–Kier alpha value is -3.55. The number of aryl methyl sites for hydroxylation is 1. The second kappa shape index (κ2) is 8.67. The van der Waals surface area contributed by atoms with Gasteiger partial charge in [-0.25, -0.2) is 0 Å². The van der Waals surface area contributed by atoms with Gasteiger partial charge in [0.15, 0.2) is 11.5 Å². The van der Waals surface area contributed by atoms with Crippen LogP contribution in [0, 0.1) is 0 Å². The van der Waals surface area contributed by atoms with E-state index in [9.17, 15) is 4.79 Å². The fraction of sp³-hybridized carbons (Fsp3) is 0.348. The van der Waals surface area contributed by atoms with Gasteiger partial charge >= 0.3 is 0 Å². The third-order valence-corrected chi connectivity index (χ3v) is 5.56. The summed E-state index contributed by atoms with van der Waals surface area (Å²) in [7, 11) is 0. The zero-order valence-electron chi connectivity index (χ0n) is 17.2. The average Bonchev–Trinajstić information content (AvgIpc) is 3.57. The molecule has 0 aliphatic carbocycles. The quantitative estimate of drug-likeness (QED) is 0.627. The normalized spacial score (nSPS) is 14.8. The van der Waals surface area contributed by atoms with Crippen molar-refractivity contribution < 1.29 is 18.8 Å². The summed E-state index contributed by atoms with van der Waals surface area (Å²) in [5, 5.41) is 6.96. The standard InChI is InChI=1S/C23H24N4O4/c28-21(24-14-16-3-8-19-20(13-16)30-15-29-19)9-10-22-25-23(26-31-22)17-4-6-18(7-5-17)27-11-1-2-12-27/h3-8,13H,1-2,9-12,14-15H2,(H,24,28). The fourth-order valence-corrected chi connectivity index (χ4v) is 3.83. The van der Waals surface area contributed by atoms with E-state index in [2.05, 4.69) is 32.5 Å². The Labute approximate surface area is 180 Å². The molecule has 0 saturated carbocycles. The molecule has 0 atom stereocenters. The van der Waals surface area contributed by atoms with Crippen molar-refractivity contribution in [2.24, 2.45) is 0 Å². The van der Waals surface area contributed by atoms with Gasteiger partial charge in [0.05, 0.1) is 0 Å². The van der Waals surface area contributed by atoms with Crippen molar-refractivity contribution >= 4 is 11.6 Å². The number of benzene rings is 2. The van der Waals surface area contributed by atoms with Crippen molar-refractivity contribution in [2.75, 3.05) is 24.8 Å². The van der Waals surface area contributed by atoms with Crippen molar-refractivity contribution in [2.45, 2.75) is 32.2 Å². The van der Waals surface area contributed by atoms with Crippen molar-refractivity contribution in [1.82, 2.24) is 15.5 Å². The fourth-order valence-electron chi connectivity index (χ4n) is 3.83. The lowest BCUT2D eigenvalue weighted by atomic mass is 10.2. The zero-order valence-corrected chi connectivity index (χ0v) is 17.2. The number of nitrogens with one attached hydrogen (secondary N) is 1. The smallest absolute Gasteiger partial charge is 0.231 e. The van der Waals surface area contributed by atoms with Gasteiger partial charge in [-0.3, -0.25) is 4.79 Å². The highest BCUT2D eigenvalue weighted by molar-refractivity contribution is 5.76. The Morgan fingerprint density at radius 3 is 2.68 bits per heavy atom. The summed E-state index contributed by atoms with van der Waals surface area (Å²) in [5.41, 5.74) is 3.09. The Kier molecular flexibility index (Phi) is 5.43. The van der Waals surface area contributed by atoms with Gasteiger partial charge in [0, 0.05) is 43.7 Å².